The van der Waals surface area contributed by atoms with Gasteiger partial charge in [-0.3, -0.25) is 0 Å². The van der Waals surface area contributed by atoms with Gasteiger partial charge in [-0.05, 0) is 0 Å². The van der Waals surface area contributed by atoms with Gasteiger partial charge in [0.1, 0.15) is 5.69 Å². The van der Waals surface area contributed by atoms with E-state index in [2.05, 4.69) is 9.88 Å². The van der Waals surface area contributed by atoms with Crippen LogP contribution in [0.4, 0.5) is 5.69 Å². The lowest BCUT2D eigenvalue weighted by Crippen LogP contribution is -2.10. The summed E-state index contributed by atoms with van der Waals surface area (Å²) in [6, 6.07) is 0. The van der Waals surface area contributed by atoms with Crippen LogP contribution in [0, 0.1) is 0 Å². The molecule has 3 nitrogen and oxygen atoms in total. The van der Waals surface area contributed by atoms with Crippen molar-refractivity contribution >= 4 is 29.2 Å². The van der Waals surface area contributed by atoms with Crippen molar-refractivity contribution in [2.45, 2.75) is 17.2 Å². The SMILES string of the molecule is Oc1c2c(c3n1CCSC3)SCCN2. The van der Waals surface area contributed by atoms with E-state index in [0.717, 1.165) is 36.0 Å². The third-order valence-electron chi connectivity index (χ3n) is 2.64. The molecule has 3 rings (SSSR count). The van der Waals surface area contributed by atoms with Crippen LogP contribution < -0.4 is 5.32 Å². The molecule has 5 heteroatoms. The molecule has 3 heterocycles. The monoisotopic (exact) mass is 228 g/mol. The van der Waals surface area contributed by atoms with E-state index in [9.17, 15) is 5.11 Å². The van der Waals surface area contributed by atoms with Gasteiger partial charge in [0.2, 0.25) is 5.88 Å². The standard InChI is InChI=1S/C9H12N2OS2/c12-9-7-8(14-3-1-10-7)6-5-13-4-2-11(6)9/h10,12H,1-5H2. The zero-order valence-electron chi connectivity index (χ0n) is 7.75. The highest BCUT2D eigenvalue weighted by atomic mass is 32.2. The molecule has 1 aromatic heterocycles. The Hall–Kier alpha value is -0.420. The number of hydrogen-bond donors (Lipinski definition) is 2. The second kappa shape index (κ2) is 3.31. The molecule has 0 saturated carbocycles. The van der Waals surface area contributed by atoms with Crippen molar-refractivity contribution in [1.82, 2.24) is 4.57 Å². The first kappa shape index (κ1) is 8.85. The fourth-order valence-electron chi connectivity index (χ4n) is 1.98. The maximum Gasteiger partial charge on any atom is 0.216 e. The smallest absolute Gasteiger partial charge is 0.216 e. The number of nitrogens with zero attached hydrogens (tertiary/aromatic N) is 1. The maximum absolute atomic E-state index is 10.00. The van der Waals surface area contributed by atoms with Gasteiger partial charge in [0.15, 0.2) is 0 Å². The van der Waals surface area contributed by atoms with Crippen LogP contribution >= 0.6 is 23.5 Å². The van der Waals surface area contributed by atoms with Crippen LogP contribution in [0.2, 0.25) is 0 Å². The summed E-state index contributed by atoms with van der Waals surface area (Å²) < 4.78 is 2.06. The van der Waals surface area contributed by atoms with E-state index in [0.29, 0.717) is 5.88 Å². The van der Waals surface area contributed by atoms with E-state index in [1.807, 2.05) is 23.5 Å². The Balaban J connectivity index is 2.17. The first-order valence-electron chi connectivity index (χ1n) is 4.76. The summed E-state index contributed by atoms with van der Waals surface area (Å²) in [5.41, 5.74) is 2.28. The molecule has 0 fully saturated rings. The molecular formula is C9H12N2OS2. The number of fused-ring (bicyclic) bond motifs is 3. The Labute approximate surface area is 91.3 Å². The lowest BCUT2D eigenvalue weighted by atomic mass is 10.4. The van der Waals surface area contributed by atoms with Crippen molar-refractivity contribution in [3.05, 3.63) is 5.69 Å². The summed E-state index contributed by atoms with van der Waals surface area (Å²) in [6.45, 7) is 1.91. The van der Waals surface area contributed by atoms with Gasteiger partial charge in [-0.25, -0.2) is 0 Å². The summed E-state index contributed by atoms with van der Waals surface area (Å²) in [7, 11) is 0. The van der Waals surface area contributed by atoms with Crippen LogP contribution in [-0.2, 0) is 12.3 Å². The average Bonchev–Trinajstić information content (AvgIpc) is 2.55. The Morgan fingerprint density at radius 1 is 1.36 bits per heavy atom. The van der Waals surface area contributed by atoms with Gasteiger partial charge in [0.25, 0.3) is 0 Å². The van der Waals surface area contributed by atoms with Gasteiger partial charge in [-0.15, -0.1) is 11.8 Å². The number of rotatable bonds is 0. The van der Waals surface area contributed by atoms with Gasteiger partial charge in [-0.2, -0.15) is 11.8 Å². The van der Waals surface area contributed by atoms with Gasteiger partial charge >= 0.3 is 0 Å². The molecule has 1 aromatic rings. The van der Waals surface area contributed by atoms with Gasteiger partial charge in [0, 0.05) is 36.0 Å². The van der Waals surface area contributed by atoms with Crippen molar-refractivity contribution < 1.29 is 5.11 Å². The number of nitrogens with one attached hydrogen (secondary N) is 1. The molecule has 76 valence electrons. The van der Waals surface area contributed by atoms with Crippen molar-refractivity contribution in [2.24, 2.45) is 0 Å². The quantitative estimate of drug-likeness (QED) is 0.712. The lowest BCUT2D eigenvalue weighted by molar-refractivity contribution is 0.420. The molecule has 0 bridgehead atoms. The minimum Gasteiger partial charge on any atom is -0.493 e. The normalized spacial score (nSPS) is 19.7. The van der Waals surface area contributed by atoms with Gasteiger partial charge in [0.05, 0.1) is 4.90 Å². The highest BCUT2D eigenvalue weighted by Gasteiger charge is 2.26. The number of hydrogen-bond acceptors (Lipinski definition) is 4. The Kier molecular flexibility index (Phi) is 2.09. The highest BCUT2D eigenvalue weighted by molar-refractivity contribution is 8.00. The third kappa shape index (κ3) is 1.15. The molecule has 0 amide bonds. The fourth-order valence-corrected chi connectivity index (χ4v) is 4.09. The van der Waals surface area contributed by atoms with E-state index in [4.69, 9.17) is 0 Å². The second-order valence-corrected chi connectivity index (χ2v) is 5.66. The second-order valence-electron chi connectivity index (χ2n) is 3.45. The van der Waals surface area contributed by atoms with Crippen molar-refractivity contribution in [2.75, 3.05) is 23.4 Å². The molecule has 14 heavy (non-hydrogen) atoms. The molecule has 0 aromatic carbocycles. The van der Waals surface area contributed by atoms with Crippen LogP contribution in [0.5, 0.6) is 5.88 Å². The summed E-state index contributed by atoms with van der Waals surface area (Å²) in [6.07, 6.45) is 0. The lowest BCUT2D eigenvalue weighted by Gasteiger charge is -2.16. The predicted molar refractivity (Wildman–Crippen MR) is 61.5 cm³/mol. The Bertz CT molecular complexity index is 342. The average molecular weight is 228 g/mol. The van der Waals surface area contributed by atoms with E-state index in [1.165, 1.54) is 10.6 Å². The molecule has 0 aliphatic carbocycles. The van der Waals surface area contributed by atoms with Crippen molar-refractivity contribution in [3.63, 3.8) is 0 Å². The number of thioether (sulfide) groups is 2. The van der Waals surface area contributed by atoms with Crippen LogP contribution in [0.1, 0.15) is 5.69 Å². The number of aromatic nitrogens is 1. The largest absolute Gasteiger partial charge is 0.493 e. The molecule has 0 atom stereocenters. The summed E-state index contributed by atoms with van der Waals surface area (Å²) in [5.74, 6) is 3.70. The van der Waals surface area contributed by atoms with Crippen LogP contribution in [0.25, 0.3) is 0 Å². The summed E-state index contributed by atoms with van der Waals surface area (Å²) in [5, 5.41) is 13.3. The van der Waals surface area contributed by atoms with Crippen LogP contribution in [0.3, 0.4) is 0 Å². The number of anilines is 1. The first-order valence-corrected chi connectivity index (χ1v) is 6.90. The summed E-state index contributed by atoms with van der Waals surface area (Å²) >= 11 is 3.82. The minimum absolute atomic E-state index is 0.447. The minimum atomic E-state index is 0.447. The zero-order valence-corrected chi connectivity index (χ0v) is 9.38. The fraction of sp³-hybridized carbons (Fsp3) is 0.556. The molecular weight excluding hydrogens is 216 g/mol. The molecule has 0 unspecified atom stereocenters. The molecule has 2 aliphatic rings. The first-order chi connectivity index (χ1) is 6.88. The maximum atomic E-state index is 10.00. The van der Waals surface area contributed by atoms with E-state index in [-0.39, 0.29) is 0 Å². The van der Waals surface area contributed by atoms with Crippen molar-refractivity contribution in [3.8, 4) is 5.88 Å². The molecule has 0 saturated heterocycles. The van der Waals surface area contributed by atoms with E-state index in [1.54, 1.807) is 0 Å². The van der Waals surface area contributed by atoms with Crippen molar-refractivity contribution in [1.29, 1.82) is 0 Å². The third-order valence-corrected chi connectivity index (χ3v) is 4.73. The van der Waals surface area contributed by atoms with Crippen LogP contribution in [0.15, 0.2) is 4.90 Å². The van der Waals surface area contributed by atoms with Gasteiger partial charge < -0.3 is 15.0 Å². The van der Waals surface area contributed by atoms with E-state index >= 15 is 0 Å². The number of aromatic hydroxyl groups is 1. The Morgan fingerprint density at radius 2 is 2.29 bits per heavy atom. The molecule has 2 aliphatic heterocycles. The van der Waals surface area contributed by atoms with Gasteiger partial charge in [-0.1, -0.05) is 0 Å². The zero-order chi connectivity index (χ0) is 9.54. The highest BCUT2D eigenvalue weighted by Crippen LogP contribution is 2.45. The van der Waals surface area contributed by atoms with Crippen LogP contribution in [-0.4, -0.2) is 27.7 Å². The van der Waals surface area contributed by atoms with E-state index < -0.39 is 0 Å². The molecule has 0 radical (unpaired) electrons. The topological polar surface area (TPSA) is 37.2 Å². The molecule has 0 spiro atoms. The Morgan fingerprint density at radius 3 is 3.21 bits per heavy atom. The summed E-state index contributed by atoms with van der Waals surface area (Å²) in [4.78, 5) is 1.28. The molecule has 2 N–H and O–H groups in total. The predicted octanol–water partition coefficient (Wildman–Crippen LogP) is 1.96.